The SMILES string of the molecule is O=C(C#CN1CCOCC1)C1CCOCC1. The largest absolute Gasteiger partial charge is 0.381 e. The van der Waals surface area contributed by atoms with E-state index in [2.05, 4.69) is 12.0 Å². The molecule has 4 nitrogen and oxygen atoms in total. The molecule has 0 bridgehead atoms. The molecule has 0 aromatic heterocycles. The fourth-order valence-electron chi connectivity index (χ4n) is 1.87. The second kappa shape index (κ2) is 5.88. The third-order valence-corrected chi connectivity index (χ3v) is 2.94. The summed E-state index contributed by atoms with van der Waals surface area (Å²) < 4.78 is 10.4. The van der Waals surface area contributed by atoms with Crippen LogP contribution in [-0.4, -0.2) is 50.2 Å². The van der Waals surface area contributed by atoms with Crippen LogP contribution in [0.15, 0.2) is 0 Å². The lowest BCUT2D eigenvalue weighted by molar-refractivity contribution is -0.120. The Bertz CT molecular complexity index is 293. The van der Waals surface area contributed by atoms with Crippen LogP contribution in [0, 0.1) is 17.9 Å². The van der Waals surface area contributed by atoms with Gasteiger partial charge in [-0.05, 0) is 18.8 Å². The van der Waals surface area contributed by atoms with Crippen molar-refractivity contribution < 1.29 is 14.3 Å². The van der Waals surface area contributed by atoms with Crippen LogP contribution in [0.3, 0.4) is 0 Å². The number of morpholine rings is 1. The first-order valence-electron chi connectivity index (χ1n) is 5.82. The summed E-state index contributed by atoms with van der Waals surface area (Å²) in [7, 11) is 0. The molecular formula is C12H17NO3. The zero-order chi connectivity index (χ0) is 11.2. The van der Waals surface area contributed by atoms with Crippen LogP contribution < -0.4 is 0 Å². The van der Waals surface area contributed by atoms with Crippen molar-refractivity contribution >= 4 is 5.78 Å². The maximum absolute atomic E-state index is 11.8. The quantitative estimate of drug-likeness (QED) is 0.598. The Balaban J connectivity index is 1.82. The van der Waals surface area contributed by atoms with Crippen LogP contribution in [0.25, 0.3) is 0 Å². The van der Waals surface area contributed by atoms with Gasteiger partial charge < -0.3 is 14.4 Å². The van der Waals surface area contributed by atoms with E-state index in [9.17, 15) is 4.79 Å². The minimum atomic E-state index is 0.0646. The number of carbonyl (C=O) groups excluding carboxylic acids is 1. The molecule has 0 unspecified atom stereocenters. The standard InChI is InChI=1S/C12H17NO3/c14-12(11-2-7-15-8-3-11)1-4-13-5-9-16-10-6-13/h11H,2-3,5-10H2. The average molecular weight is 223 g/mol. The van der Waals surface area contributed by atoms with E-state index in [1.807, 2.05) is 4.90 Å². The van der Waals surface area contributed by atoms with Crippen molar-refractivity contribution in [2.45, 2.75) is 12.8 Å². The Morgan fingerprint density at radius 2 is 1.69 bits per heavy atom. The molecule has 0 N–H and O–H groups in total. The summed E-state index contributed by atoms with van der Waals surface area (Å²) in [5.41, 5.74) is 0. The normalized spacial score (nSPS) is 22.4. The van der Waals surface area contributed by atoms with E-state index in [0.717, 1.165) is 25.9 Å². The number of carbonyl (C=O) groups is 1. The van der Waals surface area contributed by atoms with Gasteiger partial charge in [0.15, 0.2) is 0 Å². The molecular weight excluding hydrogens is 206 g/mol. The first-order valence-corrected chi connectivity index (χ1v) is 5.82. The summed E-state index contributed by atoms with van der Waals surface area (Å²) in [6.07, 6.45) is 1.63. The second-order valence-corrected chi connectivity index (χ2v) is 4.09. The summed E-state index contributed by atoms with van der Waals surface area (Å²) in [5.74, 6) is 2.90. The van der Waals surface area contributed by atoms with Gasteiger partial charge in [0.1, 0.15) is 0 Å². The molecule has 0 atom stereocenters. The minimum absolute atomic E-state index is 0.0646. The molecule has 0 amide bonds. The zero-order valence-electron chi connectivity index (χ0n) is 9.41. The van der Waals surface area contributed by atoms with Gasteiger partial charge in [-0.25, -0.2) is 0 Å². The molecule has 88 valence electrons. The maximum atomic E-state index is 11.8. The van der Waals surface area contributed by atoms with E-state index in [4.69, 9.17) is 9.47 Å². The fourth-order valence-corrected chi connectivity index (χ4v) is 1.87. The topological polar surface area (TPSA) is 38.8 Å². The summed E-state index contributed by atoms with van der Waals surface area (Å²) in [5, 5.41) is 0. The van der Waals surface area contributed by atoms with Gasteiger partial charge >= 0.3 is 0 Å². The predicted molar refractivity (Wildman–Crippen MR) is 58.7 cm³/mol. The highest BCUT2D eigenvalue weighted by Crippen LogP contribution is 2.15. The fraction of sp³-hybridized carbons (Fsp3) is 0.750. The smallest absolute Gasteiger partial charge is 0.210 e. The Hall–Kier alpha value is -1.05. The number of nitrogens with zero attached hydrogens (tertiary/aromatic N) is 1. The molecule has 0 saturated carbocycles. The highest BCUT2D eigenvalue weighted by Gasteiger charge is 2.20. The Labute approximate surface area is 95.9 Å². The Kier molecular flexibility index (Phi) is 4.20. The van der Waals surface area contributed by atoms with E-state index in [1.54, 1.807) is 0 Å². The van der Waals surface area contributed by atoms with Gasteiger partial charge in [-0.3, -0.25) is 4.79 Å². The highest BCUT2D eigenvalue weighted by atomic mass is 16.5. The minimum Gasteiger partial charge on any atom is -0.381 e. The molecule has 2 rings (SSSR count). The van der Waals surface area contributed by atoms with Crippen LogP contribution in [0.1, 0.15) is 12.8 Å². The molecule has 0 aromatic rings. The van der Waals surface area contributed by atoms with Crippen LogP contribution in [-0.2, 0) is 14.3 Å². The van der Waals surface area contributed by atoms with Crippen molar-refractivity contribution in [1.82, 2.24) is 4.90 Å². The molecule has 2 heterocycles. The number of ketones is 1. The monoisotopic (exact) mass is 223 g/mol. The molecule has 2 fully saturated rings. The molecule has 16 heavy (non-hydrogen) atoms. The van der Waals surface area contributed by atoms with Gasteiger partial charge in [0.25, 0.3) is 0 Å². The van der Waals surface area contributed by atoms with Crippen molar-refractivity contribution in [3.05, 3.63) is 0 Å². The van der Waals surface area contributed by atoms with Crippen molar-refractivity contribution in [2.75, 3.05) is 39.5 Å². The van der Waals surface area contributed by atoms with Gasteiger partial charge in [-0.15, -0.1) is 0 Å². The van der Waals surface area contributed by atoms with Crippen LogP contribution >= 0.6 is 0 Å². The third kappa shape index (κ3) is 3.22. The predicted octanol–water partition coefficient (Wildman–Crippen LogP) is 0.275. The second-order valence-electron chi connectivity index (χ2n) is 4.09. The van der Waals surface area contributed by atoms with E-state index >= 15 is 0 Å². The van der Waals surface area contributed by atoms with Crippen molar-refractivity contribution in [3.8, 4) is 12.0 Å². The van der Waals surface area contributed by atoms with Gasteiger partial charge in [-0.2, -0.15) is 0 Å². The van der Waals surface area contributed by atoms with Crippen molar-refractivity contribution in [3.63, 3.8) is 0 Å². The first-order chi connectivity index (χ1) is 7.86. The van der Waals surface area contributed by atoms with Gasteiger partial charge in [0.05, 0.1) is 13.2 Å². The van der Waals surface area contributed by atoms with Gasteiger partial charge in [0.2, 0.25) is 5.78 Å². The molecule has 0 spiro atoms. The summed E-state index contributed by atoms with van der Waals surface area (Å²) in [6.45, 7) is 4.40. The zero-order valence-corrected chi connectivity index (χ0v) is 9.41. The number of ether oxygens (including phenoxy) is 2. The molecule has 2 saturated heterocycles. The third-order valence-electron chi connectivity index (χ3n) is 2.94. The molecule has 4 heteroatoms. The Morgan fingerprint density at radius 3 is 2.38 bits per heavy atom. The van der Waals surface area contributed by atoms with Gasteiger partial charge in [-0.1, -0.05) is 0 Å². The lowest BCUT2D eigenvalue weighted by Crippen LogP contribution is -2.32. The lowest BCUT2D eigenvalue weighted by Gasteiger charge is -2.22. The number of rotatable bonds is 1. The van der Waals surface area contributed by atoms with Crippen molar-refractivity contribution in [1.29, 1.82) is 0 Å². The Morgan fingerprint density at radius 1 is 1.06 bits per heavy atom. The van der Waals surface area contributed by atoms with E-state index in [1.165, 1.54) is 0 Å². The summed E-state index contributed by atoms with van der Waals surface area (Å²) in [4.78, 5) is 13.7. The lowest BCUT2D eigenvalue weighted by atomic mass is 9.96. The first kappa shape index (κ1) is 11.4. The van der Waals surface area contributed by atoms with E-state index in [-0.39, 0.29) is 11.7 Å². The number of Topliss-reactive ketones (excluding diaryl/α,β-unsaturated/α-hetero) is 1. The molecule has 0 radical (unpaired) electrons. The number of hydrogen-bond acceptors (Lipinski definition) is 4. The number of hydrogen-bond donors (Lipinski definition) is 0. The molecule has 2 aliphatic rings. The summed E-state index contributed by atoms with van der Waals surface area (Å²) >= 11 is 0. The molecule has 0 aromatic carbocycles. The van der Waals surface area contributed by atoms with Crippen LogP contribution in [0.5, 0.6) is 0 Å². The van der Waals surface area contributed by atoms with Crippen LogP contribution in [0.4, 0.5) is 0 Å². The van der Waals surface area contributed by atoms with Crippen LogP contribution in [0.2, 0.25) is 0 Å². The van der Waals surface area contributed by atoms with E-state index < -0.39 is 0 Å². The van der Waals surface area contributed by atoms with E-state index in [0.29, 0.717) is 26.4 Å². The van der Waals surface area contributed by atoms with Gasteiger partial charge in [0, 0.05) is 38.3 Å². The molecule has 0 aliphatic carbocycles. The summed E-state index contributed by atoms with van der Waals surface area (Å²) in [6, 6.07) is 2.93. The van der Waals surface area contributed by atoms with Crippen molar-refractivity contribution in [2.24, 2.45) is 5.92 Å². The average Bonchev–Trinajstić information content (AvgIpc) is 2.38. The highest BCUT2D eigenvalue weighted by molar-refractivity contribution is 5.97. The maximum Gasteiger partial charge on any atom is 0.210 e. The molecule has 2 aliphatic heterocycles.